The van der Waals surface area contributed by atoms with Crippen LogP contribution in [0.3, 0.4) is 0 Å². The Kier molecular flexibility index (Phi) is 3.22. The highest BCUT2D eigenvalue weighted by molar-refractivity contribution is 5.81. The van der Waals surface area contributed by atoms with Crippen molar-refractivity contribution in [2.45, 2.75) is 43.9 Å². The minimum Gasteiger partial charge on any atom is -0.481 e. The zero-order chi connectivity index (χ0) is 11.4. The van der Waals surface area contributed by atoms with E-state index in [1.54, 1.807) is 12.4 Å². The Labute approximate surface area is 95.5 Å². The molecule has 0 amide bonds. The standard InChI is InChI=1S/C13H17NO2/c15-12(16)13(7-3-1-2-4-8-13)11-5-9-14-10-6-11/h5-6,9-10H,1-4,7-8H2,(H,15,16). The second kappa shape index (κ2) is 4.64. The third-order valence-corrected chi connectivity index (χ3v) is 3.60. The minimum absolute atomic E-state index is 0.667. The topological polar surface area (TPSA) is 50.2 Å². The molecule has 0 atom stereocenters. The van der Waals surface area contributed by atoms with E-state index in [1.807, 2.05) is 12.1 Å². The van der Waals surface area contributed by atoms with Gasteiger partial charge in [0.2, 0.25) is 0 Å². The predicted octanol–water partition coefficient (Wildman–Crippen LogP) is 2.76. The molecule has 0 radical (unpaired) electrons. The van der Waals surface area contributed by atoms with Crippen molar-refractivity contribution < 1.29 is 9.90 Å². The van der Waals surface area contributed by atoms with Gasteiger partial charge < -0.3 is 5.11 Å². The van der Waals surface area contributed by atoms with E-state index in [4.69, 9.17) is 0 Å². The highest BCUT2D eigenvalue weighted by atomic mass is 16.4. The lowest BCUT2D eigenvalue weighted by Crippen LogP contribution is -2.35. The Morgan fingerprint density at radius 3 is 2.19 bits per heavy atom. The summed E-state index contributed by atoms with van der Waals surface area (Å²) in [6, 6.07) is 3.69. The van der Waals surface area contributed by atoms with Crippen molar-refractivity contribution in [3.8, 4) is 0 Å². The Hall–Kier alpha value is -1.38. The van der Waals surface area contributed by atoms with Crippen molar-refractivity contribution in [1.82, 2.24) is 4.98 Å². The van der Waals surface area contributed by atoms with Crippen molar-refractivity contribution >= 4 is 5.97 Å². The Balaban J connectivity index is 2.38. The van der Waals surface area contributed by atoms with Crippen molar-refractivity contribution in [1.29, 1.82) is 0 Å². The molecule has 0 aliphatic heterocycles. The fourth-order valence-corrected chi connectivity index (χ4v) is 2.63. The van der Waals surface area contributed by atoms with Gasteiger partial charge in [0.05, 0.1) is 5.41 Å². The van der Waals surface area contributed by atoms with Gasteiger partial charge in [0, 0.05) is 12.4 Å². The van der Waals surface area contributed by atoms with E-state index in [0.717, 1.165) is 44.1 Å². The summed E-state index contributed by atoms with van der Waals surface area (Å²) < 4.78 is 0. The van der Waals surface area contributed by atoms with Gasteiger partial charge in [0.25, 0.3) is 0 Å². The number of carboxylic acid groups (broad SMARTS) is 1. The molecule has 0 spiro atoms. The van der Waals surface area contributed by atoms with Crippen molar-refractivity contribution in [3.63, 3.8) is 0 Å². The average molecular weight is 219 g/mol. The lowest BCUT2D eigenvalue weighted by molar-refractivity contribution is -0.144. The molecule has 0 bridgehead atoms. The SMILES string of the molecule is O=C(O)C1(c2ccncc2)CCCCCC1. The molecule has 1 aliphatic carbocycles. The number of carboxylic acids is 1. The van der Waals surface area contributed by atoms with Crippen LogP contribution in [0.2, 0.25) is 0 Å². The summed E-state index contributed by atoms with van der Waals surface area (Å²) in [6.07, 6.45) is 9.21. The van der Waals surface area contributed by atoms with E-state index >= 15 is 0 Å². The van der Waals surface area contributed by atoms with Crippen LogP contribution in [-0.4, -0.2) is 16.1 Å². The smallest absolute Gasteiger partial charge is 0.314 e. The summed E-state index contributed by atoms with van der Waals surface area (Å²) >= 11 is 0. The van der Waals surface area contributed by atoms with Crippen LogP contribution in [0, 0.1) is 0 Å². The highest BCUT2D eigenvalue weighted by Gasteiger charge is 2.40. The fourth-order valence-electron chi connectivity index (χ4n) is 2.63. The lowest BCUT2D eigenvalue weighted by atomic mass is 9.75. The molecule has 1 heterocycles. The second-order valence-electron chi connectivity index (χ2n) is 4.54. The molecule has 3 nitrogen and oxygen atoms in total. The van der Waals surface area contributed by atoms with Crippen LogP contribution in [0.25, 0.3) is 0 Å². The van der Waals surface area contributed by atoms with Gasteiger partial charge in [-0.25, -0.2) is 0 Å². The molecular formula is C13H17NO2. The van der Waals surface area contributed by atoms with Gasteiger partial charge in [-0.15, -0.1) is 0 Å². The number of carbonyl (C=O) groups is 1. The first-order valence-electron chi connectivity index (χ1n) is 5.90. The maximum atomic E-state index is 11.6. The number of nitrogens with zero attached hydrogens (tertiary/aromatic N) is 1. The normalized spacial score (nSPS) is 20.0. The Bertz CT molecular complexity index is 353. The van der Waals surface area contributed by atoms with Crippen LogP contribution in [0.15, 0.2) is 24.5 Å². The second-order valence-corrected chi connectivity index (χ2v) is 4.54. The van der Waals surface area contributed by atoms with Crippen LogP contribution < -0.4 is 0 Å². The molecule has 0 unspecified atom stereocenters. The quantitative estimate of drug-likeness (QED) is 0.778. The van der Waals surface area contributed by atoms with E-state index in [9.17, 15) is 9.90 Å². The van der Waals surface area contributed by atoms with Gasteiger partial charge in [-0.05, 0) is 30.5 Å². The number of hydrogen-bond donors (Lipinski definition) is 1. The van der Waals surface area contributed by atoms with Gasteiger partial charge in [0.15, 0.2) is 0 Å². The summed E-state index contributed by atoms with van der Waals surface area (Å²) in [6.45, 7) is 0. The lowest BCUT2D eigenvalue weighted by Gasteiger charge is -2.28. The molecule has 1 aliphatic rings. The zero-order valence-electron chi connectivity index (χ0n) is 9.35. The van der Waals surface area contributed by atoms with Gasteiger partial charge in [-0.2, -0.15) is 0 Å². The molecule has 16 heavy (non-hydrogen) atoms. The van der Waals surface area contributed by atoms with E-state index in [2.05, 4.69) is 4.98 Å². The third kappa shape index (κ3) is 1.94. The number of aromatic nitrogens is 1. The molecule has 1 N–H and O–H groups in total. The van der Waals surface area contributed by atoms with Gasteiger partial charge in [-0.3, -0.25) is 9.78 Å². The van der Waals surface area contributed by atoms with E-state index in [-0.39, 0.29) is 0 Å². The van der Waals surface area contributed by atoms with Crippen LogP contribution in [0.5, 0.6) is 0 Å². The summed E-state index contributed by atoms with van der Waals surface area (Å²) in [5.41, 5.74) is 0.247. The molecule has 0 saturated heterocycles. The minimum atomic E-state index is -0.680. The van der Waals surface area contributed by atoms with E-state index < -0.39 is 11.4 Å². The molecule has 1 saturated carbocycles. The molecule has 1 aromatic heterocycles. The number of aliphatic carboxylic acids is 1. The molecule has 3 heteroatoms. The number of pyridine rings is 1. The van der Waals surface area contributed by atoms with E-state index in [0.29, 0.717) is 0 Å². The monoisotopic (exact) mass is 219 g/mol. The number of hydrogen-bond acceptors (Lipinski definition) is 2. The zero-order valence-corrected chi connectivity index (χ0v) is 9.35. The molecule has 2 rings (SSSR count). The maximum absolute atomic E-state index is 11.6. The summed E-state index contributed by atoms with van der Waals surface area (Å²) in [7, 11) is 0. The molecule has 0 aromatic carbocycles. The molecule has 1 aromatic rings. The predicted molar refractivity (Wildman–Crippen MR) is 61.3 cm³/mol. The fraction of sp³-hybridized carbons (Fsp3) is 0.538. The summed E-state index contributed by atoms with van der Waals surface area (Å²) in [5.74, 6) is -0.680. The van der Waals surface area contributed by atoms with E-state index in [1.165, 1.54) is 0 Å². The van der Waals surface area contributed by atoms with Gasteiger partial charge >= 0.3 is 5.97 Å². The Morgan fingerprint density at radius 1 is 1.12 bits per heavy atom. The maximum Gasteiger partial charge on any atom is 0.314 e. The van der Waals surface area contributed by atoms with Crippen LogP contribution in [-0.2, 0) is 10.2 Å². The number of rotatable bonds is 2. The van der Waals surface area contributed by atoms with Crippen LogP contribution in [0.4, 0.5) is 0 Å². The average Bonchev–Trinajstić information content (AvgIpc) is 2.56. The van der Waals surface area contributed by atoms with Gasteiger partial charge in [0.1, 0.15) is 0 Å². The molecular weight excluding hydrogens is 202 g/mol. The Morgan fingerprint density at radius 2 is 1.69 bits per heavy atom. The molecule has 86 valence electrons. The first-order chi connectivity index (χ1) is 7.76. The highest BCUT2D eigenvalue weighted by Crippen LogP contribution is 2.38. The first kappa shape index (κ1) is 11.1. The van der Waals surface area contributed by atoms with Crippen molar-refractivity contribution in [2.75, 3.05) is 0 Å². The third-order valence-electron chi connectivity index (χ3n) is 3.60. The van der Waals surface area contributed by atoms with Gasteiger partial charge in [-0.1, -0.05) is 25.7 Å². The molecule has 1 fully saturated rings. The van der Waals surface area contributed by atoms with Crippen molar-refractivity contribution in [3.05, 3.63) is 30.1 Å². The van der Waals surface area contributed by atoms with Crippen LogP contribution in [0.1, 0.15) is 44.1 Å². The van der Waals surface area contributed by atoms with Crippen LogP contribution >= 0.6 is 0 Å². The summed E-state index contributed by atoms with van der Waals surface area (Å²) in [5, 5.41) is 9.55. The first-order valence-corrected chi connectivity index (χ1v) is 5.90. The van der Waals surface area contributed by atoms with Crippen molar-refractivity contribution in [2.24, 2.45) is 0 Å². The summed E-state index contributed by atoms with van der Waals surface area (Å²) in [4.78, 5) is 15.6. The largest absolute Gasteiger partial charge is 0.481 e.